The van der Waals surface area contributed by atoms with Gasteiger partial charge in [0.2, 0.25) is 0 Å². The number of ether oxygens (including phenoxy) is 1. The van der Waals surface area contributed by atoms with Crippen molar-refractivity contribution in [3.05, 3.63) is 15.4 Å². The van der Waals surface area contributed by atoms with Crippen molar-refractivity contribution in [2.75, 3.05) is 0 Å². The second-order valence-electron chi connectivity index (χ2n) is 1.91. The van der Waals surface area contributed by atoms with Crippen molar-refractivity contribution in [3.63, 3.8) is 0 Å². The van der Waals surface area contributed by atoms with Crippen molar-refractivity contribution in [3.8, 4) is 11.1 Å². The molecule has 0 saturated carbocycles. The zero-order valence-electron chi connectivity index (χ0n) is 5.85. The van der Waals surface area contributed by atoms with Gasteiger partial charge in [-0.05, 0) is 22.0 Å². The third-order valence-corrected chi connectivity index (χ3v) is 2.74. The summed E-state index contributed by atoms with van der Waals surface area (Å²) in [4.78, 5) is 0.158. The third kappa shape index (κ3) is 2.90. The highest BCUT2D eigenvalue weighted by atomic mass is 79.9. The molecule has 1 heterocycles. The number of alkyl halides is 3. The van der Waals surface area contributed by atoms with Gasteiger partial charge in [-0.2, -0.15) is 5.26 Å². The Labute approximate surface area is 83.7 Å². The number of nitrogens with zero attached hydrogens (tertiary/aromatic N) is 1. The molecule has 0 unspecified atom stereocenters. The second-order valence-corrected chi connectivity index (χ2v) is 3.77. The average molecular weight is 272 g/mol. The van der Waals surface area contributed by atoms with Crippen LogP contribution < -0.4 is 4.74 Å². The minimum absolute atomic E-state index is 0.131. The van der Waals surface area contributed by atoms with Gasteiger partial charge < -0.3 is 4.74 Å². The molecule has 0 bridgehead atoms. The minimum Gasteiger partial charge on any atom is -0.395 e. The van der Waals surface area contributed by atoms with E-state index >= 15 is 0 Å². The molecular formula is C6HBrF3NOS. The van der Waals surface area contributed by atoms with Crippen molar-refractivity contribution in [2.24, 2.45) is 0 Å². The lowest BCUT2D eigenvalue weighted by Crippen LogP contribution is -2.16. The molecule has 0 N–H and O–H groups in total. The number of halogens is 4. The van der Waals surface area contributed by atoms with Gasteiger partial charge in [0, 0.05) is 0 Å². The normalized spacial score (nSPS) is 11.0. The van der Waals surface area contributed by atoms with Crippen LogP contribution in [-0.2, 0) is 0 Å². The SMILES string of the molecule is N#Cc1cc(Br)c(OC(F)(F)F)s1. The summed E-state index contributed by atoms with van der Waals surface area (Å²) in [6, 6.07) is 2.98. The Morgan fingerprint density at radius 3 is 2.54 bits per heavy atom. The van der Waals surface area contributed by atoms with E-state index < -0.39 is 6.36 Å². The molecule has 0 spiro atoms. The maximum absolute atomic E-state index is 11.7. The van der Waals surface area contributed by atoms with E-state index in [2.05, 4.69) is 20.7 Å². The Kier molecular flexibility index (Phi) is 2.83. The van der Waals surface area contributed by atoms with Crippen molar-refractivity contribution in [1.29, 1.82) is 5.26 Å². The van der Waals surface area contributed by atoms with E-state index in [0.717, 1.165) is 0 Å². The average Bonchev–Trinajstić information content (AvgIpc) is 2.29. The van der Waals surface area contributed by atoms with Crippen LogP contribution in [0.3, 0.4) is 0 Å². The summed E-state index contributed by atoms with van der Waals surface area (Å²) in [6.45, 7) is 0. The highest BCUT2D eigenvalue weighted by Gasteiger charge is 2.32. The van der Waals surface area contributed by atoms with E-state index in [1.165, 1.54) is 6.07 Å². The summed E-state index contributed by atoms with van der Waals surface area (Å²) < 4.78 is 38.9. The van der Waals surface area contributed by atoms with Gasteiger partial charge in [0.1, 0.15) is 10.9 Å². The smallest absolute Gasteiger partial charge is 0.395 e. The Balaban J connectivity index is 2.91. The summed E-state index contributed by atoms with van der Waals surface area (Å²) in [6.07, 6.45) is -4.72. The lowest BCUT2D eigenvalue weighted by molar-refractivity contribution is -0.273. The van der Waals surface area contributed by atoms with Gasteiger partial charge >= 0.3 is 6.36 Å². The van der Waals surface area contributed by atoms with Crippen LogP contribution in [0.4, 0.5) is 13.2 Å². The minimum atomic E-state index is -4.72. The molecule has 0 atom stereocenters. The molecule has 0 fully saturated rings. The molecule has 1 aromatic rings. The van der Waals surface area contributed by atoms with E-state index in [4.69, 9.17) is 5.26 Å². The molecule has 0 amide bonds. The van der Waals surface area contributed by atoms with Crippen LogP contribution in [0.25, 0.3) is 0 Å². The second kappa shape index (κ2) is 3.55. The van der Waals surface area contributed by atoms with Crippen LogP contribution >= 0.6 is 27.3 Å². The standard InChI is InChI=1S/C6HBrF3NOS/c7-4-1-3(2-11)13-5(4)12-6(8,9)10/h1H. The van der Waals surface area contributed by atoms with Crippen LogP contribution in [0.1, 0.15) is 4.88 Å². The maximum Gasteiger partial charge on any atom is 0.573 e. The Hall–Kier alpha value is -0.740. The summed E-state index contributed by atoms with van der Waals surface area (Å²) >= 11 is 3.48. The number of hydrogen-bond acceptors (Lipinski definition) is 3. The molecule has 2 nitrogen and oxygen atoms in total. The molecule has 0 saturated heterocycles. The van der Waals surface area contributed by atoms with Crippen LogP contribution in [-0.4, -0.2) is 6.36 Å². The predicted molar refractivity (Wildman–Crippen MR) is 43.4 cm³/mol. The summed E-state index contributed by atoms with van der Waals surface area (Å²) in [7, 11) is 0. The molecule has 7 heteroatoms. The summed E-state index contributed by atoms with van der Waals surface area (Å²) in [5.74, 6) is 0. The number of rotatable bonds is 1. The lowest BCUT2D eigenvalue weighted by atomic mass is 10.5. The molecule has 1 aromatic heterocycles. The molecular weight excluding hydrogens is 271 g/mol. The van der Waals surface area contributed by atoms with Crippen molar-refractivity contribution in [1.82, 2.24) is 0 Å². The van der Waals surface area contributed by atoms with Gasteiger partial charge in [-0.15, -0.1) is 13.2 Å². The molecule has 0 aliphatic heterocycles. The zero-order chi connectivity index (χ0) is 10.1. The van der Waals surface area contributed by atoms with Crippen molar-refractivity contribution < 1.29 is 17.9 Å². The molecule has 0 aliphatic carbocycles. The summed E-state index contributed by atoms with van der Waals surface area (Å²) in [5, 5.41) is 8.02. The van der Waals surface area contributed by atoms with Gasteiger partial charge in [0.05, 0.1) is 4.47 Å². The molecule has 0 aliphatic rings. The van der Waals surface area contributed by atoms with Crippen LogP contribution in [0.2, 0.25) is 0 Å². The number of thiophene rings is 1. The maximum atomic E-state index is 11.7. The Bertz CT molecular complexity index is 354. The van der Waals surface area contributed by atoms with Crippen LogP contribution in [0.5, 0.6) is 5.06 Å². The largest absolute Gasteiger partial charge is 0.573 e. The van der Waals surface area contributed by atoms with Crippen LogP contribution in [0, 0.1) is 11.3 Å². The van der Waals surface area contributed by atoms with Crippen molar-refractivity contribution >= 4 is 27.3 Å². The van der Waals surface area contributed by atoms with Gasteiger partial charge in [0.15, 0.2) is 5.06 Å². The van der Waals surface area contributed by atoms with E-state index in [-0.39, 0.29) is 14.4 Å². The molecule has 13 heavy (non-hydrogen) atoms. The van der Waals surface area contributed by atoms with Gasteiger partial charge in [0.25, 0.3) is 0 Å². The first-order valence-corrected chi connectivity index (χ1v) is 4.48. The summed E-state index contributed by atoms with van der Waals surface area (Å²) in [5.41, 5.74) is 0. The highest BCUT2D eigenvalue weighted by molar-refractivity contribution is 9.10. The zero-order valence-corrected chi connectivity index (χ0v) is 8.26. The monoisotopic (exact) mass is 271 g/mol. The molecule has 70 valence electrons. The fraction of sp³-hybridized carbons (Fsp3) is 0.167. The van der Waals surface area contributed by atoms with E-state index in [9.17, 15) is 13.2 Å². The Morgan fingerprint density at radius 2 is 2.15 bits per heavy atom. The van der Waals surface area contributed by atoms with Gasteiger partial charge in [-0.3, -0.25) is 0 Å². The van der Waals surface area contributed by atoms with Gasteiger partial charge in [-0.1, -0.05) is 11.3 Å². The molecule has 0 radical (unpaired) electrons. The first-order valence-electron chi connectivity index (χ1n) is 2.87. The molecule has 1 rings (SSSR count). The van der Waals surface area contributed by atoms with E-state index in [0.29, 0.717) is 11.3 Å². The van der Waals surface area contributed by atoms with E-state index in [1.54, 1.807) is 6.07 Å². The van der Waals surface area contributed by atoms with E-state index in [1.807, 2.05) is 0 Å². The van der Waals surface area contributed by atoms with Gasteiger partial charge in [-0.25, -0.2) is 0 Å². The number of hydrogen-bond donors (Lipinski definition) is 0. The topological polar surface area (TPSA) is 33.0 Å². The highest BCUT2D eigenvalue weighted by Crippen LogP contribution is 2.37. The van der Waals surface area contributed by atoms with Crippen LogP contribution in [0.15, 0.2) is 10.5 Å². The molecule has 0 aromatic carbocycles. The Morgan fingerprint density at radius 1 is 1.54 bits per heavy atom. The third-order valence-electron chi connectivity index (χ3n) is 0.974. The first-order chi connectivity index (χ1) is 5.92. The number of nitriles is 1. The fourth-order valence-corrected chi connectivity index (χ4v) is 2.00. The predicted octanol–water partition coefficient (Wildman–Crippen LogP) is 3.28. The quantitative estimate of drug-likeness (QED) is 0.785. The van der Waals surface area contributed by atoms with Crippen molar-refractivity contribution in [2.45, 2.75) is 6.36 Å². The fourth-order valence-electron chi connectivity index (χ4n) is 0.582. The lowest BCUT2D eigenvalue weighted by Gasteiger charge is -2.05. The first kappa shape index (κ1) is 10.3.